The van der Waals surface area contributed by atoms with Crippen molar-refractivity contribution in [2.75, 3.05) is 45.4 Å². The third kappa shape index (κ3) is 8.85. The molecule has 180 valence electrons. The van der Waals surface area contributed by atoms with Crippen LogP contribution in [0.15, 0.2) is 35.4 Å². The Morgan fingerprint density at radius 1 is 1.30 bits per heavy atom. The highest BCUT2D eigenvalue weighted by atomic mass is 35.5. The highest BCUT2D eigenvalue weighted by Crippen LogP contribution is 2.30. The van der Waals surface area contributed by atoms with E-state index in [1.807, 2.05) is 27.1 Å². The van der Waals surface area contributed by atoms with Crippen molar-refractivity contribution in [3.8, 4) is 6.07 Å². The number of hydrogen-bond acceptors (Lipinski definition) is 5. The Bertz CT molecular complexity index is 1010. The molecule has 11 heteroatoms. The van der Waals surface area contributed by atoms with Crippen molar-refractivity contribution in [1.82, 2.24) is 4.98 Å². The topological polar surface area (TPSA) is 75.0 Å². The number of thioether (sulfide) groups is 1. The SMILES string of the molecule is COCc1cc(C)nc(SCC[N+](C)(C)CC(=O)Nc2cccc(C(F)(F)F)c2)c1C#N.[Cl-]. The molecule has 2 aromatic rings. The molecule has 1 heterocycles. The van der Waals surface area contributed by atoms with E-state index in [1.165, 1.54) is 23.9 Å². The molecule has 0 spiro atoms. The van der Waals surface area contributed by atoms with Crippen LogP contribution >= 0.6 is 11.8 Å². The number of aromatic nitrogens is 1. The monoisotopic (exact) mass is 502 g/mol. The maximum Gasteiger partial charge on any atom is 0.416 e. The lowest BCUT2D eigenvalue weighted by Crippen LogP contribution is -3.00. The van der Waals surface area contributed by atoms with Crippen molar-refractivity contribution in [2.24, 2.45) is 0 Å². The Kier molecular flexibility index (Phi) is 10.6. The quantitative estimate of drug-likeness (QED) is 0.412. The van der Waals surface area contributed by atoms with E-state index >= 15 is 0 Å². The Morgan fingerprint density at radius 3 is 2.61 bits per heavy atom. The molecule has 1 aromatic heterocycles. The van der Waals surface area contributed by atoms with Crippen LogP contribution in [0.4, 0.5) is 18.9 Å². The molecule has 0 saturated carbocycles. The fraction of sp³-hybridized carbons (Fsp3) is 0.409. The van der Waals surface area contributed by atoms with Gasteiger partial charge in [0.1, 0.15) is 11.1 Å². The number of carbonyl (C=O) groups excluding carboxylic acids is 1. The summed E-state index contributed by atoms with van der Waals surface area (Å²) in [6.45, 7) is 2.83. The number of carbonyl (C=O) groups is 1. The van der Waals surface area contributed by atoms with E-state index in [2.05, 4.69) is 16.4 Å². The number of rotatable bonds is 9. The molecule has 6 nitrogen and oxygen atoms in total. The zero-order valence-electron chi connectivity index (χ0n) is 18.8. The van der Waals surface area contributed by atoms with Gasteiger partial charge in [-0.25, -0.2) is 4.98 Å². The van der Waals surface area contributed by atoms with Gasteiger partial charge in [0.2, 0.25) is 0 Å². The van der Waals surface area contributed by atoms with Gasteiger partial charge in [-0.15, -0.1) is 0 Å². The van der Waals surface area contributed by atoms with Crippen LogP contribution in [0.5, 0.6) is 0 Å². The van der Waals surface area contributed by atoms with E-state index in [9.17, 15) is 23.2 Å². The van der Waals surface area contributed by atoms with Crippen molar-refractivity contribution in [3.05, 3.63) is 52.7 Å². The number of nitriles is 1. The second-order valence-electron chi connectivity index (χ2n) is 7.94. The summed E-state index contributed by atoms with van der Waals surface area (Å²) in [6, 6.07) is 8.56. The number of nitrogens with one attached hydrogen (secondary N) is 1. The summed E-state index contributed by atoms with van der Waals surface area (Å²) < 4.78 is 44.0. The summed E-state index contributed by atoms with van der Waals surface area (Å²) in [6.07, 6.45) is -4.47. The van der Waals surface area contributed by atoms with Gasteiger partial charge in [-0.2, -0.15) is 18.4 Å². The van der Waals surface area contributed by atoms with Crippen LogP contribution in [0.3, 0.4) is 0 Å². The normalized spacial score (nSPS) is 11.5. The maximum atomic E-state index is 12.9. The molecular formula is C22H26ClF3N4O2S. The fourth-order valence-electron chi connectivity index (χ4n) is 3.03. The summed E-state index contributed by atoms with van der Waals surface area (Å²) in [5.41, 5.74) is 1.33. The minimum atomic E-state index is -4.47. The van der Waals surface area contributed by atoms with E-state index in [4.69, 9.17) is 4.74 Å². The molecule has 0 unspecified atom stereocenters. The van der Waals surface area contributed by atoms with Crippen LogP contribution in [0, 0.1) is 18.3 Å². The molecule has 0 aliphatic heterocycles. The number of halogens is 4. The van der Waals surface area contributed by atoms with Crippen LogP contribution in [0.2, 0.25) is 0 Å². The first-order chi connectivity index (χ1) is 14.9. The summed E-state index contributed by atoms with van der Waals surface area (Å²) in [5, 5.41) is 12.7. The molecule has 1 N–H and O–H groups in total. The summed E-state index contributed by atoms with van der Waals surface area (Å²) in [4.78, 5) is 16.9. The minimum Gasteiger partial charge on any atom is -1.00 e. The summed E-state index contributed by atoms with van der Waals surface area (Å²) in [7, 11) is 5.28. The number of amides is 1. The van der Waals surface area contributed by atoms with Gasteiger partial charge in [-0.05, 0) is 36.8 Å². The number of likely N-dealkylation sites (N-methyl/N-ethyl adjacent to an activating group) is 1. The molecular weight excluding hydrogens is 477 g/mol. The lowest BCUT2D eigenvalue weighted by atomic mass is 10.1. The predicted octanol–water partition coefficient (Wildman–Crippen LogP) is 1.24. The number of ether oxygens (including phenoxy) is 1. The lowest BCUT2D eigenvalue weighted by molar-refractivity contribution is -0.879. The molecule has 33 heavy (non-hydrogen) atoms. The highest BCUT2D eigenvalue weighted by Gasteiger charge is 2.30. The van der Waals surface area contributed by atoms with Crippen molar-refractivity contribution in [3.63, 3.8) is 0 Å². The number of nitrogens with zero attached hydrogens (tertiary/aromatic N) is 3. The van der Waals surface area contributed by atoms with Gasteiger partial charge in [0.25, 0.3) is 5.91 Å². The Labute approximate surface area is 202 Å². The smallest absolute Gasteiger partial charge is 0.416 e. The molecule has 1 aromatic carbocycles. The van der Waals surface area contributed by atoms with Gasteiger partial charge in [-0.1, -0.05) is 17.8 Å². The third-order valence-corrected chi connectivity index (χ3v) is 5.54. The predicted molar refractivity (Wildman–Crippen MR) is 117 cm³/mol. The number of alkyl halides is 3. The number of methoxy groups -OCH3 is 1. The highest BCUT2D eigenvalue weighted by molar-refractivity contribution is 7.99. The van der Waals surface area contributed by atoms with Gasteiger partial charge >= 0.3 is 6.18 Å². The Morgan fingerprint density at radius 2 is 2.00 bits per heavy atom. The zero-order chi connectivity index (χ0) is 23.9. The number of anilines is 1. The number of aryl methyl sites for hydroxylation is 1. The summed E-state index contributed by atoms with van der Waals surface area (Å²) in [5.74, 6) is 0.217. The van der Waals surface area contributed by atoms with Crippen molar-refractivity contribution in [2.45, 2.75) is 24.7 Å². The molecule has 2 rings (SSSR count). The second kappa shape index (κ2) is 12.2. The van der Waals surface area contributed by atoms with E-state index in [0.717, 1.165) is 23.4 Å². The van der Waals surface area contributed by atoms with E-state index < -0.39 is 11.7 Å². The van der Waals surface area contributed by atoms with Gasteiger partial charge in [0.05, 0.1) is 38.4 Å². The van der Waals surface area contributed by atoms with Crippen LogP contribution in [0.1, 0.15) is 22.4 Å². The number of pyridine rings is 1. The van der Waals surface area contributed by atoms with Crippen LogP contribution in [0.25, 0.3) is 0 Å². The lowest BCUT2D eigenvalue weighted by Gasteiger charge is -2.29. The van der Waals surface area contributed by atoms with Gasteiger partial charge in [0.15, 0.2) is 6.54 Å². The van der Waals surface area contributed by atoms with Crippen LogP contribution < -0.4 is 17.7 Å². The van der Waals surface area contributed by atoms with Crippen molar-refractivity contribution < 1.29 is 39.6 Å². The number of benzene rings is 1. The molecule has 0 radical (unpaired) electrons. The molecule has 0 saturated heterocycles. The van der Waals surface area contributed by atoms with Crippen molar-refractivity contribution in [1.29, 1.82) is 5.26 Å². The molecule has 0 bridgehead atoms. The van der Waals surface area contributed by atoms with Gasteiger partial charge in [0, 0.05) is 24.2 Å². The third-order valence-electron chi connectivity index (χ3n) is 4.59. The molecule has 1 amide bonds. The van der Waals surface area contributed by atoms with E-state index in [-0.39, 0.29) is 30.5 Å². The van der Waals surface area contributed by atoms with Gasteiger partial charge in [-0.3, -0.25) is 4.79 Å². The molecule has 0 aliphatic carbocycles. The molecule has 0 fully saturated rings. The minimum absolute atomic E-state index is 0. The standard InChI is InChI=1S/C22H25F3N4O2S.ClH/c1-15-10-16(14-31-4)19(12-26)21(27-15)32-9-8-29(2,3)13-20(30)28-18-7-5-6-17(11-18)22(23,24)25;/h5-7,10-11H,8-9,13-14H2,1-4H3;1H. The first kappa shape index (κ1) is 28.7. The van der Waals surface area contributed by atoms with Crippen LogP contribution in [-0.4, -0.2) is 55.4 Å². The second-order valence-corrected chi connectivity index (χ2v) is 9.02. The Hall–Kier alpha value is -2.32. The average molecular weight is 503 g/mol. The van der Waals surface area contributed by atoms with E-state index in [0.29, 0.717) is 34.0 Å². The van der Waals surface area contributed by atoms with Crippen LogP contribution in [-0.2, 0) is 22.3 Å². The average Bonchev–Trinajstić information content (AvgIpc) is 2.67. The Balaban J connectivity index is 0.00000544. The zero-order valence-corrected chi connectivity index (χ0v) is 20.4. The fourth-order valence-corrected chi connectivity index (χ4v) is 4.34. The van der Waals surface area contributed by atoms with Crippen molar-refractivity contribution >= 4 is 23.4 Å². The molecule has 0 aliphatic rings. The first-order valence-corrected chi connectivity index (χ1v) is 10.7. The van der Waals surface area contributed by atoms with Gasteiger partial charge < -0.3 is 26.9 Å². The summed E-state index contributed by atoms with van der Waals surface area (Å²) >= 11 is 1.43. The number of hydrogen-bond donors (Lipinski definition) is 1. The van der Waals surface area contributed by atoms with E-state index in [1.54, 1.807) is 7.11 Å². The molecule has 0 atom stereocenters. The maximum absolute atomic E-state index is 12.9. The number of quaternary nitrogens is 1. The first-order valence-electron chi connectivity index (χ1n) is 9.76. The largest absolute Gasteiger partial charge is 1.00 e.